The molecule has 4 rings (SSSR count). The van der Waals surface area contributed by atoms with Gasteiger partial charge >= 0.3 is 0 Å². The Morgan fingerprint density at radius 1 is 1.14 bits per heavy atom. The summed E-state index contributed by atoms with van der Waals surface area (Å²) in [4.78, 5) is 11.7. The van der Waals surface area contributed by atoms with E-state index in [0.717, 1.165) is 29.3 Å². The Kier molecular flexibility index (Phi) is 3.15. The average molecular weight is 283 g/mol. The number of nitrogens with zero attached hydrogens (tertiary/aromatic N) is 3. The van der Waals surface area contributed by atoms with Crippen LogP contribution >= 0.6 is 0 Å². The molecule has 110 valence electrons. The number of aromatic nitrogens is 2. The van der Waals surface area contributed by atoms with Crippen LogP contribution in [0.2, 0.25) is 0 Å². The van der Waals surface area contributed by atoms with Gasteiger partial charge in [0, 0.05) is 37.6 Å². The lowest BCUT2D eigenvalue weighted by Gasteiger charge is -2.17. The van der Waals surface area contributed by atoms with Gasteiger partial charge in [0.05, 0.1) is 5.52 Å². The summed E-state index contributed by atoms with van der Waals surface area (Å²) in [7, 11) is 1.86. The zero-order chi connectivity index (χ0) is 14.2. The summed E-state index contributed by atoms with van der Waals surface area (Å²) in [5, 5.41) is 7.79. The molecule has 2 heterocycles. The van der Waals surface area contributed by atoms with Gasteiger partial charge in [-0.3, -0.25) is 4.90 Å². The number of para-hydroxylation sites is 1. The highest BCUT2D eigenvalue weighted by Gasteiger charge is 2.34. The zero-order valence-corrected chi connectivity index (χ0v) is 12.3. The van der Waals surface area contributed by atoms with Crippen LogP contribution in [0, 0.1) is 0 Å². The fourth-order valence-corrected chi connectivity index (χ4v) is 3.17. The summed E-state index contributed by atoms with van der Waals surface area (Å²) in [5.74, 6) is 1.63. The van der Waals surface area contributed by atoms with Crippen LogP contribution in [0.3, 0.4) is 0 Å². The van der Waals surface area contributed by atoms with Gasteiger partial charge < -0.3 is 10.6 Å². The van der Waals surface area contributed by atoms with Crippen LogP contribution in [0.5, 0.6) is 0 Å². The van der Waals surface area contributed by atoms with Crippen molar-refractivity contribution in [1.29, 1.82) is 0 Å². The number of benzene rings is 1. The highest BCUT2D eigenvalue weighted by atomic mass is 15.2. The third kappa shape index (κ3) is 2.53. The van der Waals surface area contributed by atoms with E-state index in [1.54, 1.807) is 0 Å². The van der Waals surface area contributed by atoms with Gasteiger partial charge in [-0.15, -0.1) is 0 Å². The monoisotopic (exact) mass is 283 g/mol. The maximum absolute atomic E-state index is 4.62. The number of rotatable bonds is 4. The van der Waals surface area contributed by atoms with E-state index < -0.39 is 0 Å². The second-order valence-electron chi connectivity index (χ2n) is 6.02. The van der Waals surface area contributed by atoms with Gasteiger partial charge in [0.2, 0.25) is 5.95 Å². The lowest BCUT2D eigenvalue weighted by atomic mass is 10.2. The standard InChI is InChI=1S/C16H21N5/c1-17-16-19-14-5-3-2-4-13(14)15(20-16)18-11-8-9-21(10-11)12-6-7-12/h2-5,11-12H,6-10H2,1H3,(H2,17,18,19,20). The summed E-state index contributed by atoms with van der Waals surface area (Å²) >= 11 is 0. The van der Waals surface area contributed by atoms with E-state index in [1.807, 2.05) is 25.2 Å². The molecule has 1 aromatic carbocycles. The first-order valence-corrected chi connectivity index (χ1v) is 7.78. The van der Waals surface area contributed by atoms with E-state index in [9.17, 15) is 0 Å². The summed E-state index contributed by atoms with van der Waals surface area (Å²) in [6, 6.07) is 9.53. The van der Waals surface area contributed by atoms with Crippen molar-refractivity contribution in [2.75, 3.05) is 30.8 Å². The third-order valence-corrected chi connectivity index (χ3v) is 4.45. The van der Waals surface area contributed by atoms with Crippen LogP contribution in [0.25, 0.3) is 10.9 Å². The minimum atomic E-state index is 0.494. The van der Waals surface area contributed by atoms with Crippen molar-refractivity contribution >= 4 is 22.7 Å². The maximum atomic E-state index is 4.62. The molecule has 1 unspecified atom stereocenters. The fourth-order valence-electron chi connectivity index (χ4n) is 3.17. The first-order valence-electron chi connectivity index (χ1n) is 7.78. The van der Waals surface area contributed by atoms with E-state index >= 15 is 0 Å². The number of nitrogens with one attached hydrogen (secondary N) is 2. The first kappa shape index (κ1) is 12.8. The van der Waals surface area contributed by atoms with Gasteiger partial charge in [-0.1, -0.05) is 12.1 Å². The number of likely N-dealkylation sites (tertiary alicyclic amines) is 1. The van der Waals surface area contributed by atoms with Crippen LogP contribution < -0.4 is 10.6 Å². The second kappa shape index (κ2) is 5.15. The summed E-state index contributed by atoms with van der Waals surface area (Å²) in [6.07, 6.45) is 3.96. The predicted molar refractivity (Wildman–Crippen MR) is 85.7 cm³/mol. The Morgan fingerprint density at radius 3 is 2.81 bits per heavy atom. The van der Waals surface area contributed by atoms with Crippen LogP contribution in [-0.2, 0) is 0 Å². The molecule has 1 aliphatic heterocycles. The topological polar surface area (TPSA) is 53.1 Å². The van der Waals surface area contributed by atoms with Crippen molar-refractivity contribution in [2.24, 2.45) is 0 Å². The molecule has 1 atom stereocenters. The molecule has 2 aliphatic rings. The molecule has 0 radical (unpaired) electrons. The van der Waals surface area contributed by atoms with E-state index in [-0.39, 0.29) is 0 Å². The molecule has 1 saturated heterocycles. The molecule has 21 heavy (non-hydrogen) atoms. The van der Waals surface area contributed by atoms with Crippen LogP contribution in [-0.4, -0.2) is 47.1 Å². The largest absolute Gasteiger partial charge is 0.365 e. The van der Waals surface area contributed by atoms with Gasteiger partial charge in [-0.25, -0.2) is 4.98 Å². The number of hydrogen-bond donors (Lipinski definition) is 2. The van der Waals surface area contributed by atoms with E-state index in [0.29, 0.717) is 12.0 Å². The molecule has 2 aromatic rings. The lowest BCUT2D eigenvalue weighted by Crippen LogP contribution is -2.28. The van der Waals surface area contributed by atoms with Crippen molar-refractivity contribution in [3.05, 3.63) is 24.3 Å². The molecular formula is C16H21N5. The summed E-state index contributed by atoms with van der Waals surface area (Å²) in [6.45, 7) is 2.35. The molecule has 0 bridgehead atoms. The molecule has 1 aromatic heterocycles. The van der Waals surface area contributed by atoms with Gasteiger partial charge in [0.1, 0.15) is 5.82 Å². The molecule has 1 aliphatic carbocycles. The Labute approximate surface area is 124 Å². The van der Waals surface area contributed by atoms with Gasteiger partial charge in [-0.2, -0.15) is 4.98 Å². The minimum Gasteiger partial charge on any atom is -0.365 e. The minimum absolute atomic E-state index is 0.494. The summed E-state index contributed by atoms with van der Waals surface area (Å²) < 4.78 is 0. The van der Waals surface area contributed by atoms with Crippen molar-refractivity contribution in [2.45, 2.75) is 31.3 Å². The fraction of sp³-hybridized carbons (Fsp3) is 0.500. The van der Waals surface area contributed by atoms with Gasteiger partial charge in [0.15, 0.2) is 0 Å². The second-order valence-corrected chi connectivity index (χ2v) is 6.02. The van der Waals surface area contributed by atoms with Crippen molar-refractivity contribution < 1.29 is 0 Å². The molecule has 0 amide bonds. The first-order chi connectivity index (χ1) is 10.3. The number of fused-ring (bicyclic) bond motifs is 1. The normalized spacial score (nSPS) is 22.6. The van der Waals surface area contributed by atoms with Gasteiger partial charge in [-0.05, 0) is 31.4 Å². The van der Waals surface area contributed by atoms with E-state index in [2.05, 4.69) is 31.6 Å². The molecular weight excluding hydrogens is 262 g/mol. The van der Waals surface area contributed by atoms with Crippen molar-refractivity contribution in [3.8, 4) is 0 Å². The Bertz CT molecular complexity index is 652. The SMILES string of the molecule is CNc1nc(NC2CCN(C3CC3)C2)c2ccccc2n1. The molecule has 0 spiro atoms. The molecule has 2 N–H and O–H groups in total. The van der Waals surface area contributed by atoms with Crippen LogP contribution in [0.4, 0.5) is 11.8 Å². The van der Waals surface area contributed by atoms with Crippen molar-refractivity contribution in [1.82, 2.24) is 14.9 Å². The number of anilines is 2. The van der Waals surface area contributed by atoms with Crippen molar-refractivity contribution in [3.63, 3.8) is 0 Å². The quantitative estimate of drug-likeness (QED) is 0.902. The van der Waals surface area contributed by atoms with E-state index in [4.69, 9.17) is 0 Å². The third-order valence-electron chi connectivity index (χ3n) is 4.45. The smallest absolute Gasteiger partial charge is 0.224 e. The molecule has 1 saturated carbocycles. The maximum Gasteiger partial charge on any atom is 0.224 e. The lowest BCUT2D eigenvalue weighted by molar-refractivity contribution is 0.326. The van der Waals surface area contributed by atoms with Crippen LogP contribution in [0.1, 0.15) is 19.3 Å². The molecule has 2 fully saturated rings. The Morgan fingerprint density at radius 2 is 2.00 bits per heavy atom. The molecule has 5 nitrogen and oxygen atoms in total. The van der Waals surface area contributed by atoms with E-state index in [1.165, 1.54) is 25.8 Å². The molecule has 5 heteroatoms. The number of hydrogen-bond acceptors (Lipinski definition) is 5. The Hall–Kier alpha value is -1.88. The van der Waals surface area contributed by atoms with Gasteiger partial charge in [0.25, 0.3) is 0 Å². The Balaban J connectivity index is 1.60. The van der Waals surface area contributed by atoms with Crippen LogP contribution in [0.15, 0.2) is 24.3 Å². The highest BCUT2D eigenvalue weighted by molar-refractivity contribution is 5.90. The predicted octanol–water partition coefficient (Wildman–Crippen LogP) is 2.32. The highest BCUT2D eigenvalue weighted by Crippen LogP contribution is 2.31. The zero-order valence-electron chi connectivity index (χ0n) is 12.3. The average Bonchev–Trinajstić information content (AvgIpc) is 3.27. The summed E-state index contributed by atoms with van der Waals surface area (Å²) in [5.41, 5.74) is 0.983.